The molecule has 1 aromatic carbocycles. The van der Waals surface area contributed by atoms with Gasteiger partial charge in [-0.15, -0.1) is 11.3 Å². The van der Waals surface area contributed by atoms with Gasteiger partial charge >= 0.3 is 0 Å². The van der Waals surface area contributed by atoms with Crippen LogP contribution >= 0.6 is 11.3 Å². The van der Waals surface area contributed by atoms with Crippen molar-refractivity contribution in [1.29, 1.82) is 0 Å². The third-order valence-corrected chi connectivity index (χ3v) is 8.78. The number of nitrogens with one attached hydrogen (secondary N) is 5. The predicted octanol–water partition coefficient (Wildman–Crippen LogP) is 0.644. The lowest BCUT2D eigenvalue weighted by Crippen LogP contribution is -2.57. The SMILES string of the molecule is CC(C)[C@@H]1NC(=O)[C@H](C)NC(=O)c2csc(n2)[C@H](Cc2ccccc2)NC(=O)CN(C(=O)c2cnc[nH]2)CCN(C)C(=O)[C@@H](C)NC1=O. The number of aromatic amines is 1. The van der Waals surface area contributed by atoms with E-state index in [0.717, 1.165) is 5.56 Å². The summed E-state index contributed by atoms with van der Waals surface area (Å²) in [6.07, 6.45) is 3.04. The lowest BCUT2D eigenvalue weighted by Gasteiger charge is -2.29. The maximum atomic E-state index is 13.6. The van der Waals surface area contributed by atoms with E-state index in [1.165, 1.54) is 59.9 Å². The number of carbonyl (C=O) groups excluding carboxylic acids is 6. The van der Waals surface area contributed by atoms with Crippen molar-refractivity contribution in [1.82, 2.24) is 46.0 Å². The van der Waals surface area contributed by atoms with E-state index in [-0.39, 0.29) is 36.9 Å². The van der Waals surface area contributed by atoms with Gasteiger partial charge in [0.05, 0.1) is 25.1 Å². The summed E-state index contributed by atoms with van der Waals surface area (Å²) in [5.41, 5.74) is 1.12. The van der Waals surface area contributed by atoms with Crippen LogP contribution in [0.5, 0.6) is 0 Å². The van der Waals surface area contributed by atoms with Crippen LogP contribution in [-0.4, -0.2) is 105 Å². The van der Waals surface area contributed by atoms with E-state index < -0.39 is 59.6 Å². The number of rotatable bonds is 4. The third-order valence-electron chi connectivity index (χ3n) is 7.82. The molecule has 0 unspecified atom stereocenters. The normalized spacial score (nSPS) is 22.3. The highest BCUT2D eigenvalue weighted by atomic mass is 32.1. The largest absolute Gasteiger partial charge is 0.345 e. The molecule has 5 N–H and O–H groups in total. The molecule has 6 amide bonds. The molecule has 0 spiro atoms. The lowest BCUT2D eigenvalue weighted by molar-refractivity contribution is -0.136. The first-order valence-electron chi connectivity index (χ1n) is 15.6. The van der Waals surface area contributed by atoms with Crippen LogP contribution in [-0.2, 0) is 25.6 Å². The van der Waals surface area contributed by atoms with E-state index >= 15 is 0 Å². The first-order chi connectivity index (χ1) is 22.8. The number of imidazole rings is 1. The molecule has 0 radical (unpaired) electrons. The van der Waals surface area contributed by atoms with Crippen molar-refractivity contribution < 1.29 is 28.8 Å². The van der Waals surface area contributed by atoms with E-state index in [9.17, 15) is 28.8 Å². The van der Waals surface area contributed by atoms with Gasteiger partial charge in [0.2, 0.25) is 23.6 Å². The number of aromatic nitrogens is 3. The van der Waals surface area contributed by atoms with Crippen molar-refractivity contribution in [2.75, 3.05) is 26.7 Å². The highest BCUT2D eigenvalue weighted by Gasteiger charge is 2.31. The Kier molecular flexibility index (Phi) is 12.0. The lowest BCUT2D eigenvalue weighted by atomic mass is 10.0. The summed E-state index contributed by atoms with van der Waals surface area (Å²) >= 11 is 1.17. The molecule has 1 aliphatic rings. The number of hydrogen-bond acceptors (Lipinski definition) is 9. The Labute approximate surface area is 282 Å². The third kappa shape index (κ3) is 9.24. The highest BCUT2D eigenvalue weighted by molar-refractivity contribution is 7.09. The smallest absolute Gasteiger partial charge is 0.272 e. The van der Waals surface area contributed by atoms with Crippen molar-refractivity contribution in [3.05, 3.63) is 70.2 Å². The molecule has 0 saturated heterocycles. The number of benzene rings is 1. The minimum atomic E-state index is -1.02. The maximum Gasteiger partial charge on any atom is 0.272 e. The van der Waals surface area contributed by atoms with Gasteiger partial charge in [0.15, 0.2) is 0 Å². The molecule has 48 heavy (non-hydrogen) atoms. The van der Waals surface area contributed by atoms with E-state index in [1.807, 2.05) is 30.3 Å². The van der Waals surface area contributed by atoms with Crippen molar-refractivity contribution >= 4 is 46.8 Å². The molecule has 16 heteroatoms. The maximum absolute atomic E-state index is 13.6. The first kappa shape index (κ1) is 35.7. The van der Waals surface area contributed by atoms with Gasteiger partial charge in [0.1, 0.15) is 34.5 Å². The van der Waals surface area contributed by atoms with Crippen LogP contribution < -0.4 is 21.3 Å². The molecule has 3 aromatic rings. The number of H-pyrrole nitrogens is 1. The van der Waals surface area contributed by atoms with Gasteiger partial charge in [0, 0.05) is 25.5 Å². The zero-order valence-corrected chi connectivity index (χ0v) is 28.3. The number of carbonyl (C=O) groups is 6. The summed E-state index contributed by atoms with van der Waals surface area (Å²) in [6.45, 7) is 6.18. The number of amides is 6. The monoisotopic (exact) mass is 679 g/mol. The number of likely N-dealkylation sites (N-methyl/N-ethyl adjacent to an activating group) is 1. The van der Waals surface area contributed by atoms with Crippen molar-refractivity contribution in [3.8, 4) is 0 Å². The van der Waals surface area contributed by atoms with E-state index in [4.69, 9.17) is 0 Å². The molecule has 15 nitrogen and oxygen atoms in total. The molecular formula is C32H41N9O6S. The fourth-order valence-corrected chi connectivity index (χ4v) is 5.89. The summed E-state index contributed by atoms with van der Waals surface area (Å²) in [4.78, 5) is 93.5. The van der Waals surface area contributed by atoms with Crippen LogP contribution in [0, 0.1) is 5.92 Å². The van der Waals surface area contributed by atoms with Crippen molar-refractivity contribution in [2.24, 2.45) is 5.92 Å². The average Bonchev–Trinajstić information content (AvgIpc) is 3.77. The second-order valence-electron chi connectivity index (χ2n) is 12.0. The molecule has 0 aliphatic carbocycles. The van der Waals surface area contributed by atoms with Gasteiger partial charge in [-0.1, -0.05) is 44.2 Å². The van der Waals surface area contributed by atoms with Crippen molar-refractivity contribution in [2.45, 2.75) is 58.3 Å². The van der Waals surface area contributed by atoms with E-state index in [0.29, 0.717) is 11.4 Å². The Bertz CT molecular complexity index is 1610. The molecule has 4 rings (SSSR count). The quantitative estimate of drug-likeness (QED) is 0.265. The van der Waals surface area contributed by atoms with Gasteiger partial charge in [-0.25, -0.2) is 9.97 Å². The molecule has 1 aliphatic heterocycles. The summed E-state index contributed by atoms with van der Waals surface area (Å²) < 4.78 is 0. The van der Waals surface area contributed by atoms with Gasteiger partial charge in [-0.3, -0.25) is 28.8 Å². The first-order valence-corrected chi connectivity index (χ1v) is 16.4. The summed E-state index contributed by atoms with van der Waals surface area (Å²) in [7, 11) is 1.53. The van der Waals surface area contributed by atoms with Gasteiger partial charge in [0.25, 0.3) is 11.8 Å². The Hall–Kier alpha value is -5.12. The standard InChI is InChI=1S/C32H41N9O6S/c1-18(2)26-29(45)36-20(4)31(46)40(5)11-12-41(32(47)23-14-33-17-34-23)15-25(42)37-22(13-21-9-7-6-8-10-21)30-38-24(16-48-30)28(44)35-19(3)27(43)39-26/h6-10,14,16-20,22,26H,11-13,15H2,1-5H3,(H,33,34)(H,35,44)(H,36,45)(H,37,42)(H,39,43)/t19-,20+,22-,26-/m0/s1. The number of nitrogens with zero attached hydrogens (tertiary/aromatic N) is 4. The molecule has 4 atom stereocenters. The Morgan fingerprint density at radius 2 is 1.69 bits per heavy atom. The van der Waals surface area contributed by atoms with Crippen LogP contribution in [0.4, 0.5) is 0 Å². The molecule has 3 heterocycles. The van der Waals surface area contributed by atoms with E-state index in [2.05, 4.69) is 36.2 Å². The summed E-state index contributed by atoms with van der Waals surface area (Å²) in [5, 5.41) is 12.9. The van der Waals surface area contributed by atoms with Gasteiger partial charge < -0.3 is 36.1 Å². The minimum absolute atomic E-state index is 0.0122. The van der Waals surface area contributed by atoms with Crippen LogP contribution in [0.15, 0.2) is 48.2 Å². The van der Waals surface area contributed by atoms with Crippen LogP contribution in [0.3, 0.4) is 0 Å². The van der Waals surface area contributed by atoms with Crippen LogP contribution in [0.1, 0.15) is 65.3 Å². The molecule has 256 valence electrons. The number of fused-ring (bicyclic) bond motifs is 2. The molecular weight excluding hydrogens is 638 g/mol. The fraction of sp³-hybridized carbons (Fsp3) is 0.438. The zero-order valence-electron chi connectivity index (χ0n) is 27.5. The summed E-state index contributed by atoms with van der Waals surface area (Å²) in [6, 6.07) is 5.79. The van der Waals surface area contributed by atoms with Crippen molar-refractivity contribution in [3.63, 3.8) is 0 Å². The molecule has 2 bridgehead atoms. The average molecular weight is 680 g/mol. The molecule has 0 saturated carbocycles. The van der Waals surface area contributed by atoms with Gasteiger partial charge in [-0.05, 0) is 31.7 Å². The highest BCUT2D eigenvalue weighted by Crippen LogP contribution is 2.23. The second-order valence-corrected chi connectivity index (χ2v) is 12.9. The zero-order chi connectivity index (χ0) is 35.0. The predicted molar refractivity (Wildman–Crippen MR) is 177 cm³/mol. The summed E-state index contributed by atoms with van der Waals surface area (Å²) in [5.74, 6) is -3.54. The Balaban J connectivity index is 1.67. The van der Waals surface area contributed by atoms with Crippen LogP contribution in [0.2, 0.25) is 0 Å². The number of hydrogen-bond donors (Lipinski definition) is 5. The second kappa shape index (κ2) is 16.1. The Morgan fingerprint density at radius 3 is 2.35 bits per heavy atom. The Morgan fingerprint density at radius 1 is 0.958 bits per heavy atom. The minimum Gasteiger partial charge on any atom is -0.345 e. The van der Waals surface area contributed by atoms with Crippen LogP contribution in [0.25, 0.3) is 0 Å². The fourth-order valence-electron chi connectivity index (χ4n) is 5.04. The number of thiazole rings is 1. The molecule has 2 aromatic heterocycles. The topological polar surface area (TPSA) is 199 Å². The van der Waals surface area contributed by atoms with E-state index in [1.54, 1.807) is 13.8 Å². The molecule has 0 fully saturated rings. The van der Waals surface area contributed by atoms with Gasteiger partial charge in [-0.2, -0.15) is 0 Å².